The van der Waals surface area contributed by atoms with Crippen molar-refractivity contribution in [3.05, 3.63) is 30.4 Å². The van der Waals surface area contributed by atoms with Gasteiger partial charge in [-0.05, 0) is 49.7 Å². The van der Waals surface area contributed by atoms with Crippen LogP contribution >= 0.6 is 0 Å². The lowest BCUT2D eigenvalue weighted by atomic mass is 9.95. The highest BCUT2D eigenvalue weighted by Crippen LogP contribution is 2.35. The van der Waals surface area contributed by atoms with E-state index in [-0.39, 0.29) is 5.91 Å². The van der Waals surface area contributed by atoms with Gasteiger partial charge in [-0.3, -0.25) is 14.7 Å². The van der Waals surface area contributed by atoms with Gasteiger partial charge in [0.15, 0.2) is 0 Å². The number of carbonyl (C=O) groups is 1. The first-order chi connectivity index (χ1) is 13.7. The second-order valence-corrected chi connectivity index (χ2v) is 8.54. The van der Waals surface area contributed by atoms with Gasteiger partial charge in [0.1, 0.15) is 0 Å². The SMILES string of the molecule is O=C(CCc1nc(-c2ccncc2)no1)N1C[C@@H]2CC[C@H](C1)N(CC1CC1)C2. The van der Waals surface area contributed by atoms with Crippen molar-refractivity contribution in [3.8, 4) is 11.4 Å². The van der Waals surface area contributed by atoms with E-state index in [9.17, 15) is 4.79 Å². The van der Waals surface area contributed by atoms with Crippen molar-refractivity contribution in [1.29, 1.82) is 0 Å². The van der Waals surface area contributed by atoms with Crippen LogP contribution in [-0.4, -0.2) is 63.1 Å². The van der Waals surface area contributed by atoms with Crippen molar-refractivity contribution in [2.24, 2.45) is 11.8 Å². The van der Waals surface area contributed by atoms with Crippen LogP contribution in [0.1, 0.15) is 38.0 Å². The van der Waals surface area contributed by atoms with Gasteiger partial charge in [0.05, 0.1) is 0 Å². The van der Waals surface area contributed by atoms with Gasteiger partial charge >= 0.3 is 0 Å². The Bertz CT molecular complexity index is 819. The zero-order valence-corrected chi connectivity index (χ0v) is 16.2. The standard InChI is InChI=1S/C21H27N5O2/c27-20(6-5-19-23-21(24-28-19)17-7-9-22-10-8-17)26-13-16-3-4-18(14-26)25(12-16)11-15-1-2-15/h7-10,15-16,18H,1-6,11-14H2/t16-,18-/m1/s1. The topological polar surface area (TPSA) is 75.4 Å². The number of amides is 1. The molecule has 0 N–H and O–H groups in total. The summed E-state index contributed by atoms with van der Waals surface area (Å²) in [4.78, 5) is 26.1. The smallest absolute Gasteiger partial charge is 0.227 e. The summed E-state index contributed by atoms with van der Waals surface area (Å²) in [5.41, 5.74) is 0.871. The number of hydrogen-bond donors (Lipinski definition) is 0. The van der Waals surface area contributed by atoms with Gasteiger partial charge < -0.3 is 9.42 Å². The molecule has 4 fully saturated rings. The van der Waals surface area contributed by atoms with Crippen LogP contribution in [0.3, 0.4) is 0 Å². The second-order valence-electron chi connectivity index (χ2n) is 8.54. The summed E-state index contributed by atoms with van der Waals surface area (Å²) in [6.07, 6.45) is 9.61. The van der Waals surface area contributed by atoms with Crippen molar-refractivity contribution < 1.29 is 9.32 Å². The van der Waals surface area contributed by atoms with Gasteiger partial charge in [-0.15, -0.1) is 0 Å². The van der Waals surface area contributed by atoms with E-state index in [1.807, 2.05) is 12.1 Å². The molecular formula is C21H27N5O2. The van der Waals surface area contributed by atoms with Crippen LogP contribution in [0.4, 0.5) is 0 Å². The molecule has 6 rings (SSSR count). The van der Waals surface area contributed by atoms with Crippen LogP contribution in [0, 0.1) is 11.8 Å². The molecule has 0 radical (unpaired) electrons. The molecule has 7 heteroatoms. The lowest BCUT2D eigenvalue weighted by Gasteiger charge is -2.36. The maximum atomic E-state index is 12.9. The highest BCUT2D eigenvalue weighted by Gasteiger charge is 2.38. The molecule has 1 amide bonds. The van der Waals surface area contributed by atoms with Gasteiger partial charge in [-0.25, -0.2) is 0 Å². The van der Waals surface area contributed by atoms with Crippen LogP contribution in [-0.2, 0) is 11.2 Å². The molecule has 4 aliphatic rings. The van der Waals surface area contributed by atoms with Gasteiger partial charge in [-0.2, -0.15) is 4.98 Å². The zero-order chi connectivity index (χ0) is 18.9. The summed E-state index contributed by atoms with van der Waals surface area (Å²) in [6, 6.07) is 4.24. The summed E-state index contributed by atoms with van der Waals surface area (Å²) in [5, 5.41) is 4.02. The minimum Gasteiger partial charge on any atom is -0.341 e. The molecule has 7 nitrogen and oxygen atoms in total. The molecule has 2 aromatic heterocycles. The number of nitrogens with zero attached hydrogens (tertiary/aromatic N) is 5. The summed E-state index contributed by atoms with van der Waals surface area (Å²) >= 11 is 0. The average Bonchev–Trinajstić information content (AvgIpc) is 3.49. The molecule has 1 aliphatic carbocycles. The second kappa shape index (κ2) is 7.62. The van der Waals surface area contributed by atoms with Crippen molar-refractivity contribution in [2.45, 2.75) is 44.6 Å². The van der Waals surface area contributed by atoms with Crippen molar-refractivity contribution in [1.82, 2.24) is 24.9 Å². The minimum absolute atomic E-state index is 0.217. The van der Waals surface area contributed by atoms with Gasteiger partial charge in [0, 0.05) is 63.0 Å². The molecule has 0 unspecified atom stereocenters. The van der Waals surface area contributed by atoms with Crippen LogP contribution in [0.15, 0.2) is 29.0 Å². The Kier molecular flexibility index (Phi) is 4.84. The lowest BCUT2D eigenvalue weighted by Crippen LogP contribution is -2.45. The first-order valence-corrected chi connectivity index (χ1v) is 10.5. The molecule has 0 spiro atoms. The third-order valence-electron chi connectivity index (χ3n) is 6.33. The van der Waals surface area contributed by atoms with Crippen LogP contribution in [0.25, 0.3) is 11.4 Å². The number of fused-ring (bicyclic) bond motifs is 4. The van der Waals surface area contributed by atoms with E-state index in [2.05, 4.69) is 24.9 Å². The predicted octanol–water partition coefficient (Wildman–Crippen LogP) is 2.40. The predicted molar refractivity (Wildman–Crippen MR) is 103 cm³/mol. The van der Waals surface area contributed by atoms with Crippen LogP contribution in [0.5, 0.6) is 0 Å². The van der Waals surface area contributed by atoms with E-state index in [0.29, 0.717) is 36.5 Å². The number of pyridine rings is 1. The Hall–Kier alpha value is -2.28. The van der Waals surface area contributed by atoms with Crippen LogP contribution < -0.4 is 0 Å². The molecule has 1 saturated carbocycles. The average molecular weight is 381 g/mol. The molecule has 2 atom stereocenters. The highest BCUT2D eigenvalue weighted by atomic mass is 16.5. The number of rotatable bonds is 6. The third-order valence-corrected chi connectivity index (χ3v) is 6.33. The van der Waals surface area contributed by atoms with Gasteiger partial charge in [0.25, 0.3) is 0 Å². The van der Waals surface area contributed by atoms with Crippen molar-refractivity contribution in [3.63, 3.8) is 0 Å². The van der Waals surface area contributed by atoms with E-state index in [4.69, 9.17) is 4.52 Å². The lowest BCUT2D eigenvalue weighted by molar-refractivity contribution is -0.131. The summed E-state index contributed by atoms with van der Waals surface area (Å²) in [5.74, 6) is 2.83. The van der Waals surface area contributed by atoms with Crippen molar-refractivity contribution >= 4 is 5.91 Å². The van der Waals surface area contributed by atoms with E-state index in [0.717, 1.165) is 24.6 Å². The first kappa shape index (κ1) is 17.8. The van der Waals surface area contributed by atoms with E-state index in [1.54, 1.807) is 12.4 Å². The fourth-order valence-electron chi connectivity index (χ4n) is 4.58. The summed E-state index contributed by atoms with van der Waals surface area (Å²) in [7, 11) is 0. The minimum atomic E-state index is 0.217. The Balaban J connectivity index is 1.18. The maximum Gasteiger partial charge on any atom is 0.227 e. The molecule has 3 saturated heterocycles. The Morgan fingerprint density at radius 3 is 2.79 bits per heavy atom. The quantitative estimate of drug-likeness (QED) is 0.765. The largest absolute Gasteiger partial charge is 0.341 e. The van der Waals surface area contributed by atoms with Gasteiger partial charge in [0.2, 0.25) is 17.6 Å². The number of piperidine rings is 1. The van der Waals surface area contributed by atoms with Gasteiger partial charge in [-0.1, -0.05) is 5.16 Å². The third kappa shape index (κ3) is 3.94. The fourth-order valence-corrected chi connectivity index (χ4v) is 4.58. The highest BCUT2D eigenvalue weighted by molar-refractivity contribution is 5.76. The fraction of sp³-hybridized carbons (Fsp3) is 0.619. The monoisotopic (exact) mass is 381 g/mol. The normalized spacial score (nSPS) is 25.1. The van der Waals surface area contributed by atoms with E-state index in [1.165, 1.54) is 38.8 Å². The Morgan fingerprint density at radius 1 is 1.11 bits per heavy atom. The molecule has 148 valence electrons. The molecule has 0 aromatic carbocycles. The van der Waals surface area contributed by atoms with E-state index >= 15 is 0 Å². The number of carbonyl (C=O) groups excluding carboxylic acids is 1. The maximum absolute atomic E-state index is 12.9. The first-order valence-electron chi connectivity index (χ1n) is 10.5. The number of aryl methyl sites for hydroxylation is 1. The summed E-state index contributed by atoms with van der Waals surface area (Å²) in [6.45, 7) is 4.20. The van der Waals surface area contributed by atoms with Crippen LogP contribution in [0.2, 0.25) is 0 Å². The molecule has 2 bridgehead atoms. The summed E-state index contributed by atoms with van der Waals surface area (Å²) < 4.78 is 5.34. The molecule has 28 heavy (non-hydrogen) atoms. The molecule has 3 aliphatic heterocycles. The Labute approximate surface area is 165 Å². The van der Waals surface area contributed by atoms with Crippen molar-refractivity contribution in [2.75, 3.05) is 26.2 Å². The Morgan fingerprint density at radius 2 is 1.96 bits per heavy atom. The zero-order valence-electron chi connectivity index (χ0n) is 16.2. The van der Waals surface area contributed by atoms with E-state index < -0.39 is 0 Å². The molecular weight excluding hydrogens is 354 g/mol. The number of aromatic nitrogens is 3. The molecule has 2 aromatic rings. The molecule has 5 heterocycles. The number of hydrogen-bond acceptors (Lipinski definition) is 6.